The Morgan fingerprint density at radius 2 is 2.33 bits per heavy atom. The van der Waals surface area contributed by atoms with Crippen LogP contribution in [0, 0.1) is 5.82 Å². The number of nitrogens with two attached hydrogens (primary N) is 1. The molecule has 15 heavy (non-hydrogen) atoms. The van der Waals surface area contributed by atoms with Gasteiger partial charge in [-0.1, -0.05) is 23.7 Å². The van der Waals surface area contributed by atoms with Gasteiger partial charge >= 0.3 is 5.97 Å². The summed E-state index contributed by atoms with van der Waals surface area (Å²) < 4.78 is 17.9. The predicted molar refractivity (Wildman–Crippen MR) is 55.0 cm³/mol. The van der Waals surface area contributed by atoms with Crippen molar-refractivity contribution in [2.24, 2.45) is 5.73 Å². The van der Waals surface area contributed by atoms with E-state index in [1.807, 2.05) is 0 Å². The van der Waals surface area contributed by atoms with Crippen LogP contribution in [0.4, 0.5) is 4.39 Å². The Balaban J connectivity index is 2.86. The summed E-state index contributed by atoms with van der Waals surface area (Å²) in [5.74, 6) is -1.07. The van der Waals surface area contributed by atoms with Crippen molar-refractivity contribution in [3.63, 3.8) is 0 Å². The lowest BCUT2D eigenvalue weighted by Crippen LogP contribution is -2.17. The van der Waals surface area contributed by atoms with Gasteiger partial charge in [-0.3, -0.25) is 4.79 Å². The molecule has 1 aromatic carbocycles. The van der Waals surface area contributed by atoms with Crippen molar-refractivity contribution >= 4 is 17.6 Å². The first kappa shape index (κ1) is 11.9. The molecule has 0 saturated heterocycles. The van der Waals surface area contributed by atoms with Crippen LogP contribution in [0.5, 0.6) is 0 Å². The Morgan fingerprint density at radius 1 is 1.67 bits per heavy atom. The summed E-state index contributed by atoms with van der Waals surface area (Å²) in [6, 6.07) is 3.76. The number of halogens is 2. The van der Waals surface area contributed by atoms with Gasteiger partial charge in [0.2, 0.25) is 0 Å². The van der Waals surface area contributed by atoms with Crippen molar-refractivity contribution in [2.75, 3.05) is 7.11 Å². The number of rotatable bonds is 3. The van der Waals surface area contributed by atoms with Gasteiger partial charge in [-0.15, -0.1) is 0 Å². The molecule has 1 rings (SSSR count). The van der Waals surface area contributed by atoms with E-state index in [4.69, 9.17) is 17.3 Å². The molecule has 3 nitrogen and oxygen atoms in total. The monoisotopic (exact) mass is 231 g/mol. The molecule has 0 aliphatic rings. The summed E-state index contributed by atoms with van der Waals surface area (Å²) in [5.41, 5.74) is 5.86. The molecule has 0 fully saturated rings. The summed E-state index contributed by atoms with van der Waals surface area (Å²) in [6.07, 6.45) is -0.0756. The molecule has 2 N–H and O–H groups in total. The number of carbonyl (C=O) groups is 1. The highest BCUT2D eigenvalue weighted by molar-refractivity contribution is 6.30. The molecule has 0 radical (unpaired) electrons. The molecular weight excluding hydrogens is 221 g/mol. The smallest absolute Gasteiger partial charge is 0.307 e. The molecule has 1 atom stereocenters. The van der Waals surface area contributed by atoms with Crippen molar-refractivity contribution in [2.45, 2.75) is 12.5 Å². The Hall–Kier alpha value is -1.13. The van der Waals surface area contributed by atoms with Crippen molar-refractivity contribution in [1.29, 1.82) is 0 Å². The molecule has 5 heteroatoms. The third-order valence-corrected chi connectivity index (χ3v) is 2.29. The van der Waals surface area contributed by atoms with Gasteiger partial charge in [0.1, 0.15) is 5.82 Å². The quantitative estimate of drug-likeness (QED) is 0.810. The van der Waals surface area contributed by atoms with Crippen LogP contribution in [-0.4, -0.2) is 13.1 Å². The van der Waals surface area contributed by atoms with Gasteiger partial charge in [-0.05, 0) is 6.07 Å². The fourth-order valence-electron chi connectivity index (χ4n) is 1.18. The number of benzene rings is 1. The van der Waals surface area contributed by atoms with Crippen LogP contribution in [0.1, 0.15) is 18.0 Å². The Morgan fingerprint density at radius 3 is 2.93 bits per heavy atom. The van der Waals surface area contributed by atoms with Gasteiger partial charge in [0, 0.05) is 11.6 Å². The molecule has 0 unspecified atom stereocenters. The van der Waals surface area contributed by atoms with Gasteiger partial charge in [-0.25, -0.2) is 4.39 Å². The van der Waals surface area contributed by atoms with Crippen LogP contribution >= 0.6 is 11.6 Å². The van der Waals surface area contributed by atoms with Crippen molar-refractivity contribution < 1.29 is 13.9 Å². The van der Waals surface area contributed by atoms with E-state index in [9.17, 15) is 9.18 Å². The van der Waals surface area contributed by atoms with Gasteiger partial charge in [0.15, 0.2) is 0 Å². The Labute approximate surface area is 92.0 Å². The van der Waals surface area contributed by atoms with Gasteiger partial charge in [-0.2, -0.15) is 0 Å². The fourth-order valence-corrected chi connectivity index (χ4v) is 1.36. The van der Waals surface area contributed by atoms with Crippen LogP contribution in [0.25, 0.3) is 0 Å². The summed E-state index contributed by atoms with van der Waals surface area (Å²) in [7, 11) is 1.25. The maximum Gasteiger partial charge on any atom is 0.307 e. The van der Waals surface area contributed by atoms with E-state index < -0.39 is 17.8 Å². The highest BCUT2D eigenvalue weighted by Gasteiger charge is 2.16. The van der Waals surface area contributed by atoms with Crippen LogP contribution < -0.4 is 5.73 Å². The van der Waals surface area contributed by atoms with Crippen LogP contribution in [0.15, 0.2) is 18.2 Å². The largest absolute Gasteiger partial charge is 0.469 e. The van der Waals surface area contributed by atoms with Crippen molar-refractivity contribution in [3.8, 4) is 0 Å². The zero-order chi connectivity index (χ0) is 11.4. The van der Waals surface area contributed by atoms with Gasteiger partial charge < -0.3 is 10.5 Å². The topological polar surface area (TPSA) is 52.3 Å². The van der Waals surface area contributed by atoms with Crippen LogP contribution in [0.3, 0.4) is 0 Å². The predicted octanol–water partition coefficient (Wildman–Crippen LogP) is 2.04. The lowest BCUT2D eigenvalue weighted by molar-refractivity contribution is -0.141. The molecule has 0 saturated carbocycles. The highest BCUT2D eigenvalue weighted by Crippen LogP contribution is 2.23. The van der Waals surface area contributed by atoms with E-state index in [1.54, 1.807) is 6.07 Å². The van der Waals surface area contributed by atoms with E-state index in [2.05, 4.69) is 4.74 Å². The molecule has 0 aromatic heterocycles. The second-order valence-corrected chi connectivity index (χ2v) is 3.44. The maximum absolute atomic E-state index is 13.4. The molecule has 82 valence electrons. The van der Waals surface area contributed by atoms with E-state index in [1.165, 1.54) is 19.2 Å². The maximum atomic E-state index is 13.4. The van der Waals surface area contributed by atoms with E-state index >= 15 is 0 Å². The molecule has 1 aromatic rings. The average Bonchev–Trinajstić information content (AvgIpc) is 2.21. The average molecular weight is 232 g/mol. The Bertz CT molecular complexity index is 370. The second kappa shape index (κ2) is 5.09. The molecule has 0 aliphatic heterocycles. The van der Waals surface area contributed by atoms with E-state index in [0.717, 1.165) is 0 Å². The lowest BCUT2D eigenvalue weighted by atomic mass is 10.0. The third kappa shape index (κ3) is 2.91. The van der Waals surface area contributed by atoms with Crippen LogP contribution in [-0.2, 0) is 9.53 Å². The minimum atomic E-state index is -0.740. The summed E-state index contributed by atoms with van der Waals surface area (Å²) in [5, 5.41) is -0.00665. The number of ether oxygens (including phenoxy) is 1. The molecule has 0 bridgehead atoms. The molecule has 0 aliphatic carbocycles. The van der Waals surface area contributed by atoms with Crippen molar-refractivity contribution in [1.82, 2.24) is 0 Å². The first-order valence-corrected chi connectivity index (χ1v) is 4.70. The molecule has 0 spiro atoms. The van der Waals surface area contributed by atoms with Gasteiger partial charge in [0.25, 0.3) is 0 Å². The second-order valence-electron chi connectivity index (χ2n) is 3.03. The number of esters is 1. The molecular formula is C10H11ClFNO2. The third-order valence-electron chi connectivity index (χ3n) is 2.00. The lowest BCUT2D eigenvalue weighted by Gasteiger charge is -2.11. The first-order chi connectivity index (χ1) is 7.06. The summed E-state index contributed by atoms with van der Waals surface area (Å²) >= 11 is 5.58. The van der Waals surface area contributed by atoms with E-state index in [0.29, 0.717) is 0 Å². The molecule has 0 amide bonds. The molecule has 0 heterocycles. The number of methoxy groups -OCH3 is 1. The SMILES string of the molecule is COC(=O)C[C@@H](N)c1cccc(Cl)c1F. The summed E-state index contributed by atoms with van der Waals surface area (Å²) in [6.45, 7) is 0. The van der Waals surface area contributed by atoms with Crippen molar-refractivity contribution in [3.05, 3.63) is 34.6 Å². The first-order valence-electron chi connectivity index (χ1n) is 4.32. The van der Waals surface area contributed by atoms with Crippen LogP contribution in [0.2, 0.25) is 5.02 Å². The zero-order valence-electron chi connectivity index (χ0n) is 8.17. The standard InChI is InChI=1S/C10H11ClFNO2/c1-15-9(14)5-8(13)6-3-2-4-7(11)10(6)12/h2-4,8H,5,13H2,1H3/t8-/m1/s1. The fraction of sp³-hybridized carbons (Fsp3) is 0.300. The minimum Gasteiger partial charge on any atom is -0.469 e. The normalized spacial score (nSPS) is 12.3. The summed E-state index contributed by atoms with van der Waals surface area (Å²) in [4.78, 5) is 10.9. The minimum absolute atomic E-state index is 0.00665. The number of hydrogen-bond acceptors (Lipinski definition) is 3. The number of carbonyl (C=O) groups excluding carboxylic acids is 1. The number of hydrogen-bond donors (Lipinski definition) is 1. The van der Waals surface area contributed by atoms with Gasteiger partial charge in [0.05, 0.1) is 18.6 Å². The zero-order valence-corrected chi connectivity index (χ0v) is 8.92. The van der Waals surface area contributed by atoms with E-state index in [-0.39, 0.29) is 17.0 Å². The Kier molecular flexibility index (Phi) is 4.05. The highest BCUT2D eigenvalue weighted by atomic mass is 35.5.